The fourth-order valence-corrected chi connectivity index (χ4v) is 1.75. The van der Waals surface area contributed by atoms with Crippen LogP contribution < -0.4 is 5.32 Å². The summed E-state index contributed by atoms with van der Waals surface area (Å²) in [5, 5.41) is 15.6. The first-order valence-corrected chi connectivity index (χ1v) is 5.85. The van der Waals surface area contributed by atoms with Crippen molar-refractivity contribution in [2.45, 2.75) is 33.2 Å². The minimum atomic E-state index is -1.02. The van der Waals surface area contributed by atoms with Crippen LogP contribution in [0.2, 0.25) is 0 Å². The summed E-state index contributed by atoms with van der Waals surface area (Å²) < 4.78 is 1.53. The maximum atomic E-state index is 11.9. The fourth-order valence-electron chi connectivity index (χ4n) is 1.75. The Morgan fingerprint density at radius 2 is 2.11 bits per heavy atom. The molecule has 2 N–H and O–H groups in total. The number of hydrogen-bond acceptors (Lipinski definition) is 3. The van der Waals surface area contributed by atoms with Gasteiger partial charge >= 0.3 is 5.97 Å². The smallest absolute Gasteiger partial charge is 0.326 e. The van der Waals surface area contributed by atoms with Gasteiger partial charge in [-0.2, -0.15) is 5.10 Å². The molecule has 18 heavy (non-hydrogen) atoms. The maximum Gasteiger partial charge on any atom is 0.326 e. The number of carbonyl (C=O) groups excluding carboxylic acids is 1. The molecule has 6 heteroatoms. The Bertz CT molecular complexity index is 451. The highest BCUT2D eigenvalue weighted by Crippen LogP contribution is 2.08. The maximum absolute atomic E-state index is 11.9. The lowest BCUT2D eigenvalue weighted by atomic mass is 10.0. The Hall–Kier alpha value is -1.85. The minimum Gasteiger partial charge on any atom is -0.480 e. The van der Waals surface area contributed by atoms with Gasteiger partial charge in [0.15, 0.2) is 5.69 Å². The number of aryl methyl sites for hydroxylation is 2. The summed E-state index contributed by atoms with van der Waals surface area (Å²) in [4.78, 5) is 23.0. The molecule has 100 valence electrons. The van der Waals surface area contributed by atoms with Gasteiger partial charge in [-0.05, 0) is 19.3 Å². The quantitative estimate of drug-likeness (QED) is 0.818. The Balaban J connectivity index is 2.78. The van der Waals surface area contributed by atoms with Crippen LogP contribution in [0.5, 0.6) is 0 Å². The van der Waals surface area contributed by atoms with Crippen molar-refractivity contribution in [1.82, 2.24) is 15.1 Å². The van der Waals surface area contributed by atoms with Crippen molar-refractivity contribution in [1.29, 1.82) is 0 Å². The molecule has 1 aromatic heterocycles. The summed E-state index contributed by atoms with van der Waals surface area (Å²) in [5.41, 5.74) is 0.996. The Kier molecular flexibility index (Phi) is 4.47. The fraction of sp³-hybridized carbons (Fsp3) is 0.583. The molecule has 0 fully saturated rings. The number of nitrogens with one attached hydrogen (secondary N) is 1. The summed E-state index contributed by atoms with van der Waals surface area (Å²) >= 11 is 0. The lowest BCUT2D eigenvalue weighted by Gasteiger charge is -2.15. The van der Waals surface area contributed by atoms with Crippen LogP contribution >= 0.6 is 0 Å². The van der Waals surface area contributed by atoms with Crippen molar-refractivity contribution >= 4 is 11.9 Å². The SMILES string of the molecule is Cc1cn(C)nc1C(=O)N[C@H](CC(C)C)C(=O)O. The highest BCUT2D eigenvalue weighted by Gasteiger charge is 2.23. The van der Waals surface area contributed by atoms with Crippen LogP contribution in [0.3, 0.4) is 0 Å². The van der Waals surface area contributed by atoms with Gasteiger partial charge in [-0.1, -0.05) is 13.8 Å². The van der Waals surface area contributed by atoms with Crippen LogP contribution in [-0.4, -0.2) is 32.8 Å². The largest absolute Gasteiger partial charge is 0.480 e. The first-order chi connectivity index (χ1) is 8.31. The predicted octanol–water partition coefficient (Wildman–Crippen LogP) is 0.958. The van der Waals surface area contributed by atoms with Gasteiger partial charge in [-0.3, -0.25) is 9.48 Å². The second-order valence-corrected chi connectivity index (χ2v) is 4.83. The molecular formula is C12H19N3O3. The Morgan fingerprint density at radius 1 is 1.50 bits per heavy atom. The zero-order chi connectivity index (χ0) is 13.9. The number of aliphatic carboxylic acids is 1. The van der Waals surface area contributed by atoms with Crippen LogP contribution in [-0.2, 0) is 11.8 Å². The van der Waals surface area contributed by atoms with E-state index in [0.29, 0.717) is 6.42 Å². The third-order valence-electron chi connectivity index (χ3n) is 2.54. The van der Waals surface area contributed by atoms with E-state index >= 15 is 0 Å². The average Bonchev–Trinajstić information content (AvgIpc) is 2.56. The molecule has 1 atom stereocenters. The van der Waals surface area contributed by atoms with Crippen LogP contribution in [0.4, 0.5) is 0 Å². The van der Waals surface area contributed by atoms with E-state index in [1.807, 2.05) is 13.8 Å². The van der Waals surface area contributed by atoms with Crippen LogP contribution in [0.1, 0.15) is 36.3 Å². The van der Waals surface area contributed by atoms with E-state index in [1.165, 1.54) is 4.68 Å². The number of hydrogen-bond donors (Lipinski definition) is 2. The molecule has 1 aromatic rings. The van der Waals surface area contributed by atoms with Gasteiger partial charge < -0.3 is 10.4 Å². The third-order valence-corrected chi connectivity index (χ3v) is 2.54. The number of carboxylic acid groups (broad SMARTS) is 1. The van der Waals surface area contributed by atoms with E-state index in [9.17, 15) is 9.59 Å². The van der Waals surface area contributed by atoms with Crippen molar-refractivity contribution in [3.05, 3.63) is 17.5 Å². The predicted molar refractivity (Wildman–Crippen MR) is 66.3 cm³/mol. The van der Waals surface area contributed by atoms with Gasteiger partial charge in [0, 0.05) is 18.8 Å². The van der Waals surface area contributed by atoms with E-state index in [4.69, 9.17) is 5.11 Å². The third kappa shape index (κ3) is 3.58. The molecule has 0 saturated carbocycles. The zero-order valence-corrected chi connectivity index (χ0v) is 11.1. The topological polar surface area (TPSA) is 84.2 Å². The van der Waals surface area contributed by atoms with Crippen molar-refractivity contribution in [3.8, 4) is 0 Å². The van der Waals surface area contributed by atoms with Gasteiger partial charge in [-0.25, -0.2) is 4.79 Å². The van der Waals surface area contributed by atoms with Gasteiger partial charge in [0.1, 0.15) is 6.04 Å². The number of aromatic nitrogens is 2. The molecule has 0 bridgehead atoms. The Morgan fingerprint density at radius 3 is 2.50 bits per heavy atom. The van der Waals surface area contributed by atoms with E-state index in [2.05, 4.69) is 10.4 Å². The van der Waals surface area contributed by atoms with Crippen molar-refractivity contribution in [3.63, 3.8) is 0 Å². The molecule has 0 saturated heterocycles. The van der Waals surface area contributed by atoms with E-state index in [0.717, 1.165) is 5.56 Å². The molecule has 0 aliphatic heterocycles. The lowest BCUT2D eigenvalue weighted by molar-refractivity contribution is -0.139. The first-order valence-electron chi connectivity index (χ1n) is 5.85. The molecule has 0 spiro atoms. The van der Waals surface area contributed by atoms with Gasteiger partial charge in [0.05, 0.1) is 0 Å². The number of carbonyl (C=O) groups is 2. The van der Waals surface area contributed by atoms with E-state index in [-0.39, 0.29) is 11.6 Å². The van der Waals surface area contributed by atoms with Gasteiger partial charge in [0.25, 0.3) is 5.91 Å². The number of rotatable bonds is 5. The molecular weight excluding hydrogens is 234 g/mol. The van der Waals surface area contributed by atoms with Crippen molar-refractivity contribution in [2.24, 2.45) is 13.0 Å². The van der Waals surface area contributed by atoms with Crippen LogP contribution in [0.15, 0.2) is 6.20 Å². The molecule has 0 radical (unpaired) electrons. The molecule has 1 amide bonds. The highest BCUT2D eigenvalue weighted by atomic mass is 16.4. The molecule has 0 aromatic carbocycles. The number of amides is 1. The molecule has 0 aliphatic carbocycles. The van der Waals surface area contributed by atoms with E-state index < -0.39 is 17.9 Å². The Labute approximate surface area is 106 Å². The second kappa shape index (κ2) is 5.66. The second-order valence-electron chi connectivity index (χ2n) is 4.83. The molecule has 0 unspecified atom stereocenters. The highest BCUT2D eigenvalue weighted by molar-refractivity contribution is 5.96. The molecule has 1 rings (SSSR count). The summed E-state index contributed by atoms with van der Waals surface area (Å²) in [6, 6.07) is -0.876. The summed E-state index contributed by atoms with van der Waals surface area (Å²) in [5.74, 6) is -1.27. The van der Waals surface area contributed by atoms with Crippen molar-refractivity contribution in [2.75, 3.05) is 0 Å². The lowest BCUT2D eigenvalue weighted by Crippen LogP contribution is -2.42. The van der Waals surface area contributed by atoms with Crippen LogP contribution in [0, 0.1) is 12.8 Å². The van der Waals surface area contributed by atoms with Crippen LogP contribution in [0.25, 0.3) is 0 Å². The standard InChI is InChI=1S/C12H19N3O3/c1-7(2)5-9(12(17)18)13-11(16)10-8(3)6-15(4)14-10/h6-7,9H,5H2,1-4H3,(H,13,16)(H,17,18)/t9-/m1/s1. The first kappa shape index (κ1) is 14.2. The number of nitrogens with zero attached hydrogens (tertiary/aromatic N) is 2. The minimum absolute atomic E-state index is 0.191. The summed E-state index contributed by atoms with van der Waals surface area (Å²) in [7, 11) is 1.71. The molecule has 1 heterocycles. The average molecular weight is 253 g/mol. The monoisotopic (exact) mass is 253 g/mol. The van der Waals surface area contributed by atoms with Gasteiger partial charge in [0.2, 0.25) is 0 Å². The van der Waals surface area contributed by atoms with Gasteiger partial charge in [-0.15, -0.1) is 0 Å². The summed E-state index contributed by atoms with van der Waals surface area (Å²) in [6.07, 6.45) is 2.11. The molecule has 0 aliphatic rings. The molecule has 6 nitrogen and oxygen atoms in total. The normalized spacial score (nSPS) is 12.5. The van der Waals surface area contributed by atoms with E-state index in [1.54, 1.807) is 20.2 Å². The zero-order valence-electron chi connectivity index (χ0n) is 11.1. The number of carboxylic acids is 1. The van der Waals surface area contributed by atoms with Crippen molar-refractivity contribution < 1.29 is 14.7 Å². The summed E-state index contributed by atoms with van der Waals surface area (Å²) in [6.45, 7) is 5.59.